The van der Waals surface area contributed by atoms with Crippen LogP contribution in [0.2, 0.25) is 0 Å². The summed E-state index contributed by atoms with van der Waals surface area (Å²) in [6, 6.07) is 10.7. The average Bonchev–Trinajstić information content (AvgIpc) is 2.34. The summed E-state index contributed by atoms with van der Waals surface area (Å²) in [7, 11) is 0. The molecule has 1 aromatic heterocycles. The Morgan fingerprint density at radius 1 is 1.24 bits per heavy atom. The topological polar surface area (TPSA) is 71.9 Å². The van der Waals surface area contributed by atoms with Crippen molar-refractivity contribution in [2.45, 2.75) is 0 Å². The lowest BCUT2D eigenvalue weighted by Crippen LogP contribution is -1.96. The number of anilines is 1. The van der Waals surface area contributed by atoms with Gasteiger partial charge in [0.25, 0.3) is 0 Å². The normalized spacial score (nSPS) is 9.65. The summed E-state index contributed by atoms with van der Waals surface area (Å²) >= 11 is 0. The Morgan fingerprint density at radius 3 is 2.71 bits per heavy atom. The van der Waals surface area contributed by atoms with E-state index in [2.05, 4.69) is 4.98 Å². The number of nitriles is 1. The van der Waals surface area contributed by atoms with Gasteiger partial charge < -0.3 is 10.5 Å². The summed E-state index contributed by atoms with van der Waals surface area (Å²) in [5.74, 6) is -0.320. The highest BCUT2D eigenvalue weighted by molar-refractivity contribution is 5.51. The third-order valence-electron chi connectivity index (χ3n) is 2.06. The van der Waals surface area contributed by atoms with Crippen LogP contribution in [0.5, 0.6) is 11.6 Å². The highest BCUT2D eigenvalue weighted by Gasteiger charge is 2.06. The number of hydrogen-bond donors (Lipinski definition) is 1. The summed E-state index contributed by atoms with van der Waals surface area (Å²) in [4.78, 5) is 3.85. The molecule has 4 nitrogen and oxygen atoms in total. The SMILES string of the molecule is N#Cc1nc(Oc2ccccc2F)ccc1N. The third-order valence-corrected chi connectivity index (χ3v) is 2.06. The predicted octanol–water partition coefficient (Wildman–Crippen LogP) is 2.47. The molecular weight excluding hydrogens is 221 g/mol. The quantitative estimate of drug-likeness (QED) is 0.858. The Kier molecular flexibility index (Phi) is 2.88. The molecule has 0 atom stereocenters. The van der Waals surface area contributed by atoms with Gasteiger partial charge in [0.15, 0.2) is 17.3 Å². The van der Waals surface area contributed by atoms with E-state index in [0.717, 1.165) is 0 Å². The number of nitrogens with two attached hydrogens (primary N) is 1. The van der Waals surface area contributed by atoms with Crippen molar-refractivity contribution >= 4 is 5.69 Å². The second-order valence-electron chi connectivity index (χ2n) is 3.23. The number of aromatic nitrogens is 1. The summed E-state index contributed by atoms with van der Waals surface area (Å²) in [6.07, 6.45) is 0. The van der Waals surface area contributed by atoms with Gasteiger partial charge in [-0.25, -0.2) is 9.37 Å². The summed E-state index contributed by atoms with van der Waals surface area (Å²) in [5.41, 5.74) is 5.82. The van der Waals surface area contributed by atoms with Crippen molar-refractivity contribution in [2.24, 2.45) is 0 Å². The number of rotatable bonds is 2. The van der Waals surface area contributed by atoms with Crippen molar-refractivity contribution in [3.05, 3.63) is 47.9 Å². The molecule has 0 fully saturated rings. The van der Waals surface area contributed by atoms with Crippen LogP contribution in [0.3, 0.4) is 0 Å². The maximum absolute atomic E-state index is 13.3. The number of para-hydroxylation sites is 1. The van der Waals surface area contributed by atoms with Crippen LogP contribution in [-0.4, -0.2) is 4.98 Å². The first-order chi connectivity index (χ1) is 8.20. The number of hydrogen-bond acceptors (Lipinski definition) is 4. The van der Waals surface area contributed by atoms with Crippen molar-refractivity contribution in [1.82, 2.24) is 4.98 Å². The predicted molar refractivity (Wildman–Crippen MR) is 59.8 cm³/mol. The van der Waals surface area contributed by atoms with Gasteiger partial charge in [0.1, 0.15) is 6.07 Å². The minimum absolute atomic E-state index is 0.0497. The van der Waals surface area contributed by atoms with Crippen LogP contribution in [0.4, 0.5) is 10.1 Å². The highest BCUT2D eigenvalue weighted by atomic mass is 19.1. The monoisotopic (exact) mass is 229 g/mol. The van der Waals surface area contributed by atoms with Gasteiger partial charge in [0.2, 0.25) is 5.88 Å². The van der Waals surface area contributed by atoms with E-state index in [0.29, 0.717) is 0 Å². The number of halogens is 1. The van der Waals surface area contributed by atoms with Gasteiger partial charge in [0.05, 0.1) is 5.69 Å². The fraction of sp³-hybridized carbons (Fsp3) is 0. The zero-order valence-electron chi connectivity index (χ0n) is 8.72. The molecule has 2 N–H and O–H groups in total. The molecule has 0 unspecified atom stereocenters. The maximum atomic E-state index is 13.3. The lowest BCUT2D eigenvalue weighted by molar-refractivity contribution is 0.427. The number of pyridine rings is 1. The fourth-order valence-electron chi connectivity index (χ4n) is 1.24. The van der Waals surface area contributed by atoms with Gasteiger partial charge in [-0.05, 0) is 18.2 Å². The van der Waals surface area contributed by atoms with E-state index < -0.39 is 5.82 Å². The smallest absolute Gasteiger partial charge is 0.220 e. The van der Waals surface area contributed by atoms with E-state index in [4.69, 9.17) is 15.7 Å². The summed E-state index contributed by atoms with van der Waals surface area (Å²) in [6.45, 7) is 0. The molecule has 0 radical (unpaired) electrons. The van der Waals surface area contributed by atoms with Crippen molar-refractivity contribution < 1.29 is 9.13 Å². The molecule has 0 aliphatic carbocycles. The molecular formula is C12H8FN3O. The average molecular weight is 229 g/mol. The third kappa shape index (κ3) is 2.32. The van der Waals surface area contributed by atoms with E-state index in [1.165, 1.54) is 24.3 Å². The van der Waals surface area contributed by atoms with Crippen LogP contribution in [0, 0.1) is 17.1 Å². The largest absolute Gasteiger partial charge is 0.436 e. The molecule has 0 aliphatic heterocycles. The molecule has 2 rings (SSSR count). The first kappa shape index (κ1) is 10.9. The lowest BCUT2D eigenvalue weighted by atomic mass is 10.3. The molecule has 0 bridgehead atoms. The Bertz CT molecular complexity index is 593. The molecule has 0 saturated carbocycles. The highest BCUT2D eigenvalue weighted by Crippen LogP contribution is 2.23. The van der Waals surface area contributed by atoms with E-state index >= 15 is 0 Å². The van der Waals surface area contributed by atoms with Crippen LogP contribution in [0.25, 0.3) is 0 Å². The second-order valence-corrected chi connectivity index (χ2v) is 3.23. The minimum atomic E-state index is -0.496. The molecule has 1 heterocycles. The minimum Gasteiger partial charge on any atom is -0.436 e. The molecule has 5 heteroatoms. The lowest BCUT2D eigenvalue weighted by Gasteiger charge is -2.06. The Balaban J connectivity index is 2.32. The van der Waals surface area contributed by atoms with E-state index in [-0.39, 0.29) is 23.0 Å². The zero-order valence-corrected chi connectivity index (χ0v) is 8.72. The van der Waals surface area contributed by atoms with Crippen LogP contribution >= 0.6 is 0 Å². The zero-order chi connectivity index (χ0) is 12.3. The van der Waals surface area contributed by atoms with Crippen molar-refractivity contribution in [2.75, 3.05) is 5.73 Å². The molecule has 0 spiro atoms. The van der Waals surface area contributed by atoms with Gasteiger partial charge in [0, 0.05) is 6.07 Å². The van der Waals surface area contributed by atoms with Crippen molar-refractivity contribution in [1.29, 1.82) is 5.26 Å². The Morgan fingerprint density at radius 2 is 2.00 bits per heavy atom. The standard InChI is InChI=1S/C12H8FN3O/c13-8-3-1-2-4-11(8)17-12-6-5-9(15)10(7-14)16-12/h1-6H,15H2. The van der Waals surface area contributed by atoms with Gasteiger partial charge in [-0.2, -0.15) is 5.26 Å². The number of benzene rings is 1. The van der Waals surface area contributed by atoms with Crippen molar-refractivity contribution in [3.8, 4) is 17.7 Å². The molecule has 0 amide bonds. The number of nitrogen functional groups attached to an aromatic ring is 1. The van der Waals surface area contributed by atoms with Gasteiger partial charge in [-0.3, -0.25) is 0 Å². The first-order valence-corrected chi connectivity index (χ1v) is 4.79. The van der Waals surface area contributed by atoms with Crippen LogP contribution in [-0.2, 0) is 0 Å². The Labute approximate surface area is 97.1 Å². The van der Waals surface area contributed by atoms with E-state index in [1.54, 1.807) is 12.1 Å². The van der Waals surface area contributed by atoms with Crippen LogP contribution in [0.1, 0.15) is 5.69 Å². The Hall–Kier alpha value is -2.61. The second kappa shape index (κ2) is 4.49. The fourth-order valence-corrected chi connectivity index (χ4v) is 1.24. The maximum Gasteiger partial charge on any atom is 0.220 e. The van der Waals surface area contributed by atoms with Gasteiger partial charge >= 0.3 is 0 Å². The van der Waals surface area contributed by atoms with Crippen LogP contribution < -0.4 is 10.5 Å². The molecule has 84 valence electrons. The van der Waals surface area contributed by atoms with E-state index in [1.807, 2.05) is 6.07 Å². The number of ether oxygens (including phenoxy) is 1. The molecule has 2 aromatic rings. The summed E-state index contributed by atoms with van der Waals surface area (Å²) < 4.78 is 18.5. The van der Waals surface area contributed by atoms with Gasteiger partial charge in [-0.1, -0.05) is 12.1 Å². The van der Waals surface area contributed by atoms with Gasteiger partial charge in [-0.15, -0.1) is 0 Å². The molecule has 0 saturated heterocycles. The molecule has 1 aromatic carbocycles. The first-order valence-electron chi connectivity index (χ1n) is 4.79. The molecule has 0 aliphatic rings. The molecule has 17 heavy (non-hydrogen) atoms. The van der Waals surface area contributed by atoms with E-state index in [9.17, 15) is 4.39 Å². The van der Waals surface area contributed by atoms with Crippen LogP contribution in [0.15, 0.2) is 36.4 Å². The number of nitrogens with zero attached hydrogens (tertiary/aromatic N) is 2. The summed E-state index contributed by atoms with van der Waals surface area (Å²) in [5, 5.41) is 8.74. The van der Waals surface area contributed by atoms with Crippen molar-refractivity contribution in [3.63, 3.8) is 0 Å².